The van der Waals surface area contributed by atoms with E-state index < -0.39 is 5.92 Å². The van der Waals surface area contributed by atoms with Gasteiger partial charge in [0, 0.05) is 34.6 Å². The Morgan fingerprint density at radius 2 is 1.92 bits per heavy atom. The lowest BCUT2D eigenvalue weighted by atomic mass is 10.1. The topological polar surface area (TPSA) is 75.2 Å². The molecular formula is C16H14Cl2N4O2S. The Morgan fingerprint density at radius 3 is 2.60 bits per heavy atom. The molecule has 1 aliphatic heterocycles. The summed E-state index contributed by atoms with van der Waals surface area (Å²) in [6.45, 7) is 0.287. The van der Waals surface area contributed by atoms with Crippen molar-refractivity contribution < 1.29 is 9.59 Å². The minimum Gasteiger partial charge on any atom is -0.311 e. The number of hydrogen-bond acceptors (Lipinski definition) is 5. The summed E-state index contributed by atoms with van der Waals surface area (Å²) in [5, 5.41) is 13.2. The van der Waals surface area contributed by atoms with Gasteiger partial charge in [0.15, 0.2) is 0 Å². The zero-order valence-electron chi connectivity index (χ0n) is 13.0. The number of benzene rings is 1. The van der Waals surface area contributed by atoms with Crippen molar-refractivity contribution in [2.45, 2.75) is 25.2 Å². The van der Waals surface area contributed by atoms with Crippen LogP contribution in [0.4, 0.5) is 10.8 Å². The lowest BCUT2D eigenvalue weighted by Crippen LogP contribution is -2.28. The number of hydrogen-bond donors (Lipinski definition) is 1. The van der Waals surface area contributed by atoms with Crippen LogP contribution in [0.15, 0.2) is 18.2 Å². The highest BCUT2D eigenvalue weighted by atomic mass is 35.5. The Bertz CT molecular complexity index is 832. The number of aromatic nitrogens is 2. The molecule has 25 heavy (non-hydrogen) atoms. The predicted molar refractivity (Wildman–Crippen MR) is 97.4 cm³/mol. The quantitative estimate of drug-likeness (QED) is 0.854. The maximum absolute atomic E-state index is 12.5. The summed E-state index contributed by atoms with van der Waals surface area (Å²) in [4.78, 5) is 26.3. The standard InChI is InChI=1S/C16H14Cl2N4O2S/c17-10-4-11(18)6-12(5-10)22-7-9(3-13(22)23)14(24)19-16-21-20-15(25-16)8-1-2-8/h4-6,8-9H,1-3,7H2,(H,19,21,24)/t9-/m0/s1. The smallest absolute Gasteiger partial charge is 0.231 e. The van der Waals surface area contributed by atoms with Crippen LogP contribution >= 0.6 is 34.5 Å². The number of carbonyl (C=O) groups is 2. The minimum atomic E-state index is -0.446. The molecule has 0 spiro atoms. The molecule has 2 amide bonds. The number of halogens is 2. The van der Waals surface area contributed by atoms with E-state index in [0.29, 0.717) is 26.8 Å². The molecule has 1 saturated heterocycles. The summed E-state index contributed by atoms with van der Waals surface area (Å²) in [6.07, 6.45) is 2.41. The van der Waals surface area contributed by atoms with Gasteiger partial charge in [0.1, 0.15) is 5.01 Å². The van der Waals surface area contributed by atoms with Crippen LogP contribution in [0.3, 0.4) is 0 Å². The highest BCUT2D eigenvalue weighted by Gasteiger charge is 2.36. The van der Waals surface area contributed by atoms with E-state index in [4.69, 9.17) is 23.2 Å². The second-order valence-electron chi connectivity index (χ2n) is 6.24. The zero-order chi connectivity index (χ0) is 17.6. The zero-order valence-corrected chi connectivity index (χ0v) is 15.4. The maximum atomic E-state index is 12.5. The van der Waals surface area contributed by atoms with Gasteiger partial charge in [-0.1, -0.05) is 34.5 Å². The van der Waals surface area contributed by atoms with E-state index in [2.05, 4.69) is 15.5 Å². The van der Waals surface area contributed by atoms with Crippen molar-refractivity contribution >= 4 is 57.2 Å². The van der Waals surface area contributed by atoms with E-state index in [0.717, 1.165) is 17.8 Å². The van der Waals surface area contributed by atoms with E-state index in [1.807, 2.05) is 0 Å². The molecule has 1 aromatic carbocycles. The third-order valence-corrected chi connectivity index (χ3v) is 5.69. The number of nitrogens with zero attached hydrogens (tertiary/aromatic N) is 3. The molecule has 1 saturated carbocycles. The van der Waals surface area contributed by atoms with Crippen LogP contribution in [0, 0.1) is 5.92 Å². The van der Waals surface area contributed by atoms with Gasteiger partial charge < -0.3 is 10.2 Å². The van der Waals surface area contributed by atoms with Gasteiger partial charge >= 0.3 is 0 Å². The fourth-order valence-corrected chi connectivity index (χ4v) is 4.25. The van der Waals surface area contributed by atoms with Gasteiger partial charge in [-0.05, 0) is 31.0 Å². The summed E-state index contributed by atoms with van der Waals surface area (Å²) < 4.78 is 0. The summed E-state index contributed by atoms with van der Waals surface area (Å²) >= 11 is 13.4. The van der Waals surface area contributed by atoms with Gasteiger partial charge in [-0.15, -0.1) is 10.2 Å². The summed E-state index contributed by atoms with van der Waals surface area (Å²) in [7, 11) is 0. The van der Waals surface area contributed by atoms with E-state index in [1.54, 1.807) is 18.2 Å². The minimum absolute atomic E-state index is 0.130. The van der Waals surface area contributed by atoms with E-state index in [9.17, 15) is 9.59 Å². The molecule has 6 nitrogen and oxygen atoms in total. The summed E-state index contributed by atoms with van der Waals surface area (Å²) in [5.41, 5.74) is 0.602. The van der Waals surface area contributed by atoms with Gasteiger partial charge in [-0.2, -0.15) is 0 Å². The number of nitrogens with one attached hydrogen (secondary N) is 1. The average Bonchev–Trinajstić information content (AvgIpc) is 3.17. The maximum Gasteiger partial charge on any atom is 0.231 e. The molecular weight excluding hydrogens is 383 g/mol. The lowest BCUT2D eigenvalue weighted by molar-refractivity contribution is -0.122. The fourth-order valence-electron chi connectivity index (χ4n) is 2.82. The molecule has 2 aliphatic rings. The molecule has 1 aliphatic carbocycles. The number of amides is 2. The largest absolute Gasteiger partial charge is 0.311 e. The predicted octanol–water partition coefficient (Wildman–Crippen LogP) is 3.71. The molecule has 2 heterocycles. The molecule has 4 rings (SSSR count). The van der Waals surface area contributed by atoms with Crippen LogP contribution in [-0.2, 0) is 9.59 Å². The second-order valence-corrected chi connectivity index (χ2v) is 8.12. The molecule has 1 aromatic heterocycles. The van der Waals surface area contributed by atoms with Crippen LogP contribution in [0.2, 0.25) is 10.0 Å². The number of rotatable bonds is 4. The molecule has 130 valence electrons. The van der Waals surface area contributed by atoms with Crippen LogP contribution in [0.25, 0.3) is 0 Å². The van der Waals surface area contributed by atoms with E-state index in [1.165, 1.54) is 16.2 Å². The molecule has 2 aromatic rings. The normalized spacial score (nSPS) is 20.2. The number of anilines is 2. The van der Waals surface area contributed by atoms with Crippen molar-refractivity contribution in [3.8, 4) is 0 Å². The first kappa shape index (κ1) is 16.8. The monoisotopic (exact) mass is 396 g/mol. The van der Waals surface area contributed by atoms with Crippen molar-refractivity contribution in [3.05, 3.63) is 33.3 Å². The summed E-state index contributed by atoms with van der Waals surface area (Å²) in [5.74, 6) is -0.297. The molecule has 2 fully saturated rings. The van der Waals surface area contributed by atoms with Crippen molar-refractivity contribution in [2.75, 3.05) is 16.8 Å². The van der Waals surface area contributed by atoms with Crippen LogP contribution in [0.5, 0.6) is 0 Å². The van der Waals surface area contributed by atoms with Crippen molar-refractivity contribution in [1.82, 2.24) is 10.2 Å². The SMILES string of the molecule is O=C(Nc1nnc(C2CC2)s1)[C@H]1CC(=O)N(c2cc(Cl)cc(Cl)c2)C1. The van der Waals surface area contributed by atoms with Crippen LogP contribution in [0.1, 0.15) is 30.2 Å². The highest BCUT2D eigenvalue weighted by molar-refractivity contribution is 7.15. The Morgan fingerprint density at radius 1 is 1.20 bits per heavy atom. The van der Waals surface area contributed by atoms with Gasteiger partial charge in [0.2, 0.25) is 16.9 Å². The Hall–Kier alpha value is -1.70. The fraction of sp³-hybridized carbons (Fsp3) is 0.375. The molecule has 0 radical (unpaired) electrons. The number of carbonyl (C=O) groups excluding carboxylic acids is 2. The van der Waals surface area contributed by atoms with Gasteiger partial charge in [-0.3, -0.25) is 9.59 Å². The molecule has 1 atom stereocenters. The van der Waals surface area contributed by atoms with Gasteiger partial charge in [0.05, 0.1) is 5.92 Å². The van der Waals surface area contributed by atoms with Crippen LogP contribution in [-0.4, -0.2) is 28.6 Å². The van der Waals surface area contributed by atoms with Gasteiger partial charge in [-0.25, -0.2) is 0 Å². The molecule has 1 N–H and O–H groups in total. The first-order valence-electron chi connectivity index (χ1n) is 7.90. The van der Waals surface area contributed by atoms with Crippen molar-refractivity contribution in [1.29, 1.82) is 0 Å². The van der Waals surface area contributed by atoms with E-state index >= 15 is 0 Å². The molecule has 9 heteroatoms. The third kappa shape index (κ3) is 3.63. The first-order chi connectivity index (χ1) is 12.0. The summed E-state index contributed by atoms with van der Waals surface area (Å²) in [6, 6.07) is 4.93. The van der Waals surface area contributed by atoms with Gasteiger partial charge in [0.25, 0.3) is 0 Å². The third-order valence-electron chi connectivity index (χ3n) is 4.25. The van der Waals surface area contributed by atoms with Crippen molar-refractivity contribution in [2.24, 2.45) is 5.92 Å². The second kappa shape index (κ2) is 6.55. The molecule has 0 unspecified atom stereocenters. The van der Waals surface area contributed by atoms with E-state index in [-0.39, 0.29) is 24.8 Å². The highest BCUT2D eigenvalue weighted by Crippen LogP contribution is 2.42. The lowest BCUT2D eigenvalue weighted by Gasteiger charge is -2.17. The van der Waals surface area contributed by atoms with Crippen molar-refractivity contribution in [3.63, 3.8) is 0 Å². The first-order valence-corrected chi connectivity index (χ1v) is 9.47. The average molecular weight is 397 g/mol. The Balaban J connectivity index is 1.44. The molecule has 0 bridgehead atoms. The Kier molecular flexibility index (Phi) is 4.39. The Labute approximate surface area is 158 Å². The van der Waals surface area contributed by atoms with Crippen LogP contribution < -0.4 is 10.2 Å².